The maximum absolute atomic E-state index is 13.5. The summed E-state index contributed by atoms with van der Waals surface area (Å²) in [5.41, 5.74) is 1.50. The number of hydrogen-bond acceptors (Lipinski definition) is 8. The number of nitrogens with one attached hydrogen (secondary N) is 1. The lowest BCUT2D eigenvalue weighted by molar-refractivity contribution is -0.118. The molecule has 2 fully saturated rings. The first-order valence-corrected chi connectivity index (χ1v) is 13.5. The molecule has 6 rings (SSSR count). The normalized spacial score (nSPS) is 20.5. The van der Waals surface area contributed by atoms with Gasteiger partial charge in [-0.2, -0.15) is 0 Å². The fraction of sp³-hybridized carbons (Fsp3) is 0.429. The van der Waals surface area contributed by atoms with E-state index in [2.05, 4.69) is 21.3 Å². The number of methoxy groups -OCH3 is 2. The quantitative estimate of drug-likeness (QED) is 0.435. The summed E-state index contributed by atoms with van der Waals surface area (Å²) in [7, 11) is 3.46. The summed E-state index contributed by atoms with van der Waals surface area (Å²) in [6.45, 7) is 1.85. The molecule has 9 heteroatoms. The van der Waals surface area contributed by atoms with Gasteiger partial charge in [-0.3, -0.25) is 9.69 Å². The number of rotatable bonds is 9. The number of ether oxygens (including phenoxy) is 4. The lowest BCUT2D eigenvalue weighted by Crippen LogP contribution is -2.36. The first kappa shape index (κ1) is 24.2. The summed E-state index contributed by atoms with van der Waals surface area (Å²) >= 11 is 1.52. The highest BCUT2D eigenvalue weighted by Gasteiger charge is 2.52. The number of hydrogen-bond donors (Lipinski definition) is 1. The molecule has 2 aliphatic heterocycles. The molecule has 1 aromatic heterocycles. The molecule has 8 nitrogen and oxygen atoms in total. The zero-order valence-electron chi connectivity index (χ0n) is 21.1. The third kappa shape index (κ3) is 4.45. The van der Waals surface area contributed by atoms with Crippen LogP contribution in [0.25, 0.3) is 0 Å². The van der Waals surface area contributed by atoms with Gasteiger partial charge in [0.1, 0.15) is 5.75 Å². The van der Waals surface area contributed by atoms with Gasteiger partial charge in [-0.25, -0.2) is 4.98 Å². The molecule has 1 saturated carbocycles. The number of carbonyl (C=O) groups is 1. The minimum atomic E-state index is -0.548. The summed E-state index contributed by atoms with van der Waals surface area (Å²) in [6.07, 6.45) is 5.68. The van der Waals surface area contributed by atoms with Crippen LogP contribution < -0.4 is 19.5 Å². The number of anilines is 1. The molecule has 3 aromatic rings. The Morgan fingerprint density at radius 1 is 1.22 bits per heavy atom. The Morgan fingerprint density at radius 3 is 2.86 bits per heavy atom. The Hall–Kier alpha value is -3.14. The number of carbonyl (C=O) groups excluding carboxylic acids is 1. The fourth-order valence-corrected chi connectivity index (χ4v) is 6.56. The van der Waals surface area contributed by atoms with Crippen LogP contribution in [-0.4, -0.2) is 56.0 Å². The van der Waals surface area contributed by atoms with Crippen LogP contribution in [0.2, 0.25) is 0 Å². The van der Waals surface area contributed by atoms with Crippen LogP contribution in [0.3, 0.4) is 0 Å². The van der Waals surface area contributed by atoms with Crippen LogP contribution in [0, 0.1) is 0 Å². The average Bonchev–Trinajstić information content (AvgIpc) is 3.22. The molecule has 2 aromatic carbocycles. The Bertz CT molecular complexity index is 1290. The minimum absolute atomic E-state index is 0.0282. The Morgan fingerprint density at radius 2 is 2.05 bits per heavy atom. The molecule has 3 aliphatic rings. The molecule has 2 unspecified atom stereocenters. The van der Waals surface area contributed by atoms with Gasteiger partial charge in [-0.1, -0.05) is 35.6 Å². The first-order chi connectivity index (χ1) is 18.1. The van der Waals surface area contributed by atoms with Crippen molar-refractivity contribution in [3.05, 3.63) is 64.7 Å². The van der Waals surface area contributed by atoms with Crippen molar-refractivity contribution in [2.45, 2.75) is 43.2 Å². The van der Waals surface area contributed by atoms with Gasteiger partial charge in [-0.15, -0.1) is 0 Å². The van der Waals surface area contributed by atoms with E-state index in [1.54, 1.807) is 14.2 Å². The largest absolute Gasteiger partial charge is 0.496 e. The zero-order valence-corrected chi connectivity index (χ0v) is 21.9. The Balaban J connectivity index is 1.27. The number of amides is 1. The molecule has 37 heavy (non-hydrogen) atoms. The smallest absolute Gasteiger partial charge is 0.236 e. The van der Waals surface area contributed by atoms with Crippen molar-refractivity contribution in [3.8, 4) is 17.2 Å². The lowest BCUT2D eigenvalue weighted by atomic mass is 9.94. The molecule has 194 valence electrons. The van der Waals surface area contributed by atoms with E-state index in [0.717, 1.165) is 59.7 Å². The van der Waals surface area contributed by atoms with Gasteiger partial charge in [0, 0.05) is 29.8 Å². The van der Waals surface area contributed by atoms with Crippen molar-refractivity contribution in [1.82, 2.24) is 9.88 Å². The van der Waals surface area contributed by atoms with Crippen molar-refractivity contribution >= 4 is 22.4 Å². The third-order valence-corrected chi connectivity index (χ3v) is 8.64. The van der Waals surface area contributed by atoms with E-state index >= 15 is 0 Å². The monoisotopic (exact) mass is 521 g/mol. The molecular formula is C28H31N3O5S. The molecule has 1 aliphatic carbocycles. The van der Waals surface area contributed by atoms with Gasteiger partial charge >= 0.3 is 0 Å². The maximum Gasteiger partial charge on any atom is 0.236 e. The predicted molar refractivity (Wildman–Crippen MR) is 141 cm³/mol. The molecule has 1 saturated heterocycles. The van der Waals surface area contributed by atoms with E-state index in [9.17, 15) is 4.79 Å². The van der Waals surface area contributed by atoms with Crippen LogP contribution in [0.4, 0.5) is 5.13 Å². The summed E-state index contributed by atoms with van der Waals surface area (Å²) in [5.74, 6) is 2.23. The Labute approximate surface area is 220 Å². The average molecular weight is 522 g/mol. The van der Waals surface area contributed by atoms with E-state index in [1.807, 2.05) is 42.6 Å². The first-order valence-electron chi connectivity index (χ1n) is 12.7. The molecule has 0 bridgehead atoms. The minimum Gasteiger partial charge on any atom is -0.496 e. The van der Waals surface area contributed by atoms with Crippen molar-refractivity contribution < 1.29 is 23.7 Å². The second-order valence-electron chi connectivity index (χ2n) is 9.81. The number of fused-ring (bicyclic) bond motifs is 1. The molecule has 0 radical (unpaired) electrons. The van der Waals surface area contributed by atoms with E-state index < -0.39 is 5.41 Å². The van der Waals surface area contributed by atoms with Crippen molar-refractivity contribution in [3.63, 3.8) is 0 Å². The SMILES string of the molecule is COCC1CCCN1C(c1cnc(NC(=O)C2(c3ccc4c(c3)OCO4)CC2)s1)c1ccccc1OC. The number of para-hydroxylation sites is 1. The summed E-state index contributed by atoms with van der Waals surface area (Å²) in [4.78, 5) is 21.7. The Kier molecular flexibility index (Phi) is 6.52. The van der Waals surface area contributed by atoms with Gasteiger partial charge in [0.25, 0.3) is 0 Å². The summed E-state index contributed by atoms with van der Waals surface area (Å²) in [6, 6.07) is 14.2. The summed E-state index contributed by atoms with van der Waals surface area (Å²) < 4.78 is 22.3. The van der Waals surface area contributed by atoms with Gasteiger partial charge < -0.3 is 24.3 Å². The topological polar surface area (TPSA) is 82.2 Å². The van der Waals surface area contributed by atoms with Crippen LogP contribution in [0.5, 0.6) is 17.2 Å². The molecule has 0 spiro atoms. The van der Waals surface area contributed by atoms with E-state index in [-0.39, 0.29) is 18.7 Å². The van der Waals surface area contributed by atoms with Crippen molar-refractivity contribution in [1.29, 1.82) is 0 Å². The zero-order chi connectivity index (χ0) is 25.4. The van der Waals surface area contributed by atoms with Crippen LogP contribution in [0.15, 0.2) is 48.7 Å². The molecule has 3 heterocycles. The number of likely N-dealkylation sites (tertiary alicyclic amines) is 1. The van der Waals surface area contributed by atoms with Crippen LogP contribution in [0.1, 0.15) is 47.7 Å². The molecule has 2 atom stereocenters. The number of aromatic nitrogens is 1. The van der Waals surface area contributed by atoms with E-state index in [0.29, 0.717) is 23.5 Å². The van der Waals surface area contributed by atoms with Crippen LogP contribution in [-0.2, 0) is 14.9 Å². The van der Waals surface area contributed by atoms with Crippen LogP contribution >= 0.6 is 11.3 Å². The van der Waals surface area contributed by atoms with Gasteiger partial charge in [-0.05, 0) is 56.0 Å². The highest BCUT2D eigenvalue weighted by molar-refractivity contribution is 7.15. The van der Waals surface area contributed by atoms with Crippen molar-refractivity contribution in [2.24, 2.45) is 0 Å². The highest BCUT2D eigenvalue weighted by Crippen LogP contribution is 2.51. The van der Waals surface area contributed by atoms with E-state index in [1.165, 1.54) is 11.3 Å². The summed E-state index contributed by atoms with van der Waals surface area (Å²) in [5, 5.41) is 3.72. The highest BCUT2D eigenvalue weighted by atomic mass is 32.1. The second kappa shape index (κ2) is 9.96. The van der Waals surface area contributed by atoms with E-state index in [4.69, 9.17) is 18.9 Å². The molecule has 1 N–H and O–H groups in total. The lowest BCUT2D eigenvalue weighted by Gasteiger charge is -2.33. The number of benzene rings is 2. The van der Waals surface area contributed by atoms with Crippen molar-refractivity contribution in [2.75, 3.05) is 39.5 Å². The van der Waals surface area contributed by atoms with Gasteiger partial charge in [0.2, 0.25) is 12.7 Å². The third-order valence-electron chi connectivity index (χ3n) is 7.67. The van der Waals surface area contributed by atoms with Gasteiger partial charge in [0.05, 0.1) is 25.2 Å². The maximum atomic E-state index is 13.5. The number of thiazole rings is 1. The fourth-order valence-electron chi connectivity index (χ4n) is 5.61. The van der Waals surface area contributed by atoms with Gasteiger partial charge in [0.15, 0.2) is 16.6 Å². The molecule has 1 amide bonds. The predicted octanol–water partition coefficient (Wildman–Crippen LogP) is 4.75. The number of nitrogens with zero attached hydrogens (tertiary/aromatic N) is 2. The second-order valence-corrected chi connectivity index (χ2v) is 10.9. The molecular weight excluding hydrogens is 490 g/mol. The standard InChI is InChI=1S/C28H31N3O5S/c1-33-16-19-6-5-13-31(19)25(20-7-3-4-8-21(20)34-2)24-15-29-27(37-24)30-26(32)28(11-12-28)18-9-10-22-23(14-18)36-17-35-22/h3-4,7-10,14-15,19,25H,5-6,11-13,16-17H2,1-2H3,(H,29,30,32).